The van der Waals surface area contributed by atoms with Gasteiger partial charge < -0.3 is 19.3 Å². The lowest BCUT2D eigenvalue weighted by Crippen LogP contribution is -2.49. The summed E-state index contributed by atoms with van der Waals surface area (Å²) < 4.78 is 26.8. The molecule has 39 heavy (non-hydrogen) atoms. The molecule has 10 heteroatoms. The summed E-state index contributed by atoms with van der Waals surface area (Å²) in [5.74, 6) is 1.73. The van der Waals surface area contributed by atoms with Gasteiger partial charge in [-0.3, -0.25) is 9.36 Å². The van der Waals surface area contributed by atoms with E-state index in [0.717, 1.165) is 17.0 Å². The van der Waals surface area contributed by atoms with Gasteiger partial charge in [0.15, 0.2) is 11.0 Å². The van der Waals surface area contributed by atoms with Gasteiger partial charge in [-0.2, -0.15) is 0 Å². The lowest BCUT2D eigenvalue weighted by Gasteiger charge is -2.36. The second-order valence-electron chi connectivity index (χ2n) is 9.04. The zero-order chi connectivity index (χ0) is 27.2. The highest BCUT2D eigenvalue weighted by Gasteiger charge is 2.25. The first-order valence-electron chi connectivity index (χ1n) is 12.7. The van der Waals surface area contributed by atoms with Crippen LogP contribution in [0.3, 0.4) is 0 Å². The van der Waals surface area contributed by atoms with E-state index in [1.165, 1.54) is 17.8 Å². The van der Waals surface area contributed by atoms with Crippen LogP contribution in [0, 0.1) is 5.82 Å². The molecule has 0 saturated carbocycles. The second-order valence-corrected chi connectivity index (χ2v) is 9.98. The quantitative estimate of drug-likeness (QED) is 0.278. The molecule has 1 aliphatic heterocycles. The highest BCUT2D eigenvalue weighted by atomic mass is 32.2. The van der Waals surface area contributed by atoms with Crippen molar-refractivity contribution in [2.75, 3.05) is 45.3 Å². The average molecular weight is 548 g/mol. The summed E-state index contributed by atoms with van der Waals surface area (Å²) in [5, 5.41) is 9.45. The van der Waals surface area contributed by atoms with Gasteiger partial charge in [-0.15, -0.1) is 10.2 Å². The SMILES string of the molecule is COCc1nnc(SCc2ccccc2C(=O)N2CCN(c3ccccc3F)CC2)n1-c1ccc(OC)cc1. The van der Waals surface area contributed by atoms with Crippen molar-refractivity contribution < 1.29 is 18.7 Å². The highest BCUT2D eigenvalue weighted by Crippen LogP contribution is 2.29. The number of carbonyl (C=O) groups excluding carboxylic acids is 1. The van der Waals surface area contributed by atoms with Crippen LogP contribution in [-0.2, 0) is 17.1 Å². The third-order valence-corrected chi connectivity index (χ3v) is 7.65. The predicted molar refractivity (Wildman–Crippen MR) is 149 cm³/mol. The molecule has 0 bridgehead atoms. The van der Waals surface area contributed by atoms with Crippen LogP contribution in [0.5, 0.6) is 5.75 Å². The maximum absolute atomic E-state index is 14.2. The minimum Gasteiger partial charge on any atom is -0.497 e. The monoisotopic (exact) mass is 547 g/mol. The first kappa shape index (κ1) is 26.7. The smallest absolute Gasteiger partial charge is 0.254 e. The van der Waals surface area contributed by atoms with Crippen molar-refractivity contribution in [2.45, 2.75) is 17.5 Å². The summed E-state index contributed by atoms with van der Waals surface area (Å²) in [6.45, 7) is 2.53. The lowest BCUT2D eigenvalue weighted by atomic mass is 10.1. The van der Waals surface area contributed by atoms with Crippen molar-refractivity contribution in [1.29, 1.82) is 0 Å². The summed E-state index contributed by atoms with van der Waals surface area (Å²) in [6, 6.07) is 22.1. The number of anilines is 1. The number of hydrogen-bond donors (Lipinski definition) is 0. The fraction of sp³-hybridized carbons (Fsp3) is 0.276. The molecule has 4 aromatic rings. The molecule has 0 unspecified atom stereocenters. The third-order valence-electron chi connectivity index (χ3n) is 6.67. The van der Waals surface area contributed by atoms with Crippen LogP contribution in [0.4, 0.5) is 10.1 Å². The number of nitrogens with zero attached hydrogens (tertiary/aromatic N) is 5. The minimum absolute atomic E-state index is 0.0175. The van der Waals surface area contributed by atoms with E-state index >= 15 is 0 Å². The Bertz CT molecular complexity index is 1420. The molecular weight excluding hydrogens is 517 g/mol. The van der Waals surface area contributed by atoms with Crippen molar-refractivity contribution in [3.05, 3.63) is 95.6 Å². The van der Waals surface area contributed by atoms with Crippen LogP contribution in [0.15, 0.2) is 78.0 Å². The van der Waals surface area contributed by atoms with E-state index in [9.17, 15) is 9.18 Å². The first-order valence-corrected chi connectivity index (χ1v) is 13.6. The number of rotatable bonds is 9. The number of carbonyl (C=O) groups is 1. The molecule has 2 heterocycles. The van der Waals surface area contributed by atoms with Crippen LogP contribution in [0.2, 0.25) is 0 Å². The predicted octanol–water partition coefficient (Wildman–Crippen LogP) is 4.82. The molecule has 1 amide bonds. The first-order chi connectivity index (χ1) is 19.1. The van der Waals surface area contributed by atoms with Crippen LogP contribution in [0.1, 0.15) is 21.7 Å². The molecule has 0 aliphatic carbocycles. The average Bonchev–Trinajstić information content (AvgIpc) is 3.38. The van der Waals surface area contributed by atoms with Crippen molar-refractivity contribution in [3.63, 3.8) is 0 Å². The Balaban J connectivity index is 1.30. The van der Waals surface area contributed by atoms with E-state index in [1.807, 2.05) is 69.0 Å². The number of halogens is 1. The molecule has 1 aromatic heterocycles. The molecule has 1 fully saturated rings. The molecule has 0 spiro atoms. The van der Waals surface area contributed by atoms with Crippen molar-refractivity contribution in [2.24, 2.45) is 0 Å². The van der Waals surface area contributed by atoms with E-state index in [0.29, 0.717) is 60.8 Å². The molecule has 1 aliphatic rings. The van der Waals surface area contributed by atoms with Gasteiger partial charge in [0, 0.05) is 50.3 Å². The van der Waals surface area contributed by atoms with Crippen LogP contribution in [0.25, 0.3) is 5.69 Å². The largest absolute Gasteiger partial charge is 0.497 e. The molecule has 3 aromatic carbocycles. The lowest BCUT2D eigenvalue weighted by molar-refractivity contribution is 0.0746. The Kier molecular flexibility index (Phi) is 8.43. The Morgan fingerprint density at radius 1 is 0.923 bits per heavy atom. The van der Waals surface area contributed by atoms with Gasteiger partial charge in [-0.25, -0.2) is 4.39 Å². The number of ether oxygens (including phenoxy) is 2. The Labute approximate surface area is 231 Å². The number of thioether (sulfide) groups is 1. The van der Waals surface area contributed by atoms with Crippen molar-refractivity contribution in [1.82, 2.24) is 19.7 Å². The van der Waals surface area contributed by atoms with E-state index < -0.39 is 0 Å². The van der Waals surface area contributed by atoms with Gasteiger partial charge >= 0.3 is 0 Å². The highest BCUT2D eigenvalue weighted by molar-refractivity contribution is 7.98. The zero-order valence-electron chi connectivity index (χ0n) is 21.9. The minimum atomic E-state index is -0.240. The Hall–Kier alpha value is -3.89. The molecular formula is C29H30FN5O3S. The molecule has 1 saturated heterocycles. The molecule has 5 rings (SSSR count). The summed E-state index contributed by atoms with van der Waals surface area (Å²) in [5.41, 5.74) is 3.06. The number of piperazine rings is 1. The zero-order valence-corrected chi connectivity index (χ0v) is 22.7. The Morgan fingerprint density at radius 2 is 1.64 bits per heavy atom. The summed E-state index contributed by atoms with van der Waals surface area (Å²) in [7, 11) is 3.25. The number of para-hydroxylation sites is 1. The normalized spacial score (nSPS) is 13.5. The van der Waals surface area contributed by atoms with Gasteiger partial charge in [-0.05, 0) is 48.0 Å². The number of benzene rings is 3. The molecule has 8 nitrogen and oxygen atoms in total. The van der Waals surface area contributed by atoms with Crippen molar-refractivity contribution >= 4 is 23.4 Å². The Morgan fingerprint density at radius 3 is 2.36 bits per heavy atom. The van der Waals surface area contributed by atoms with Gasteiger partial charge in [0.2, 0.25) is 0 Å². The van der Waals surface area contributed by atoms with E-state index in [4.69, 9.17) is 9.47 Å². The van der Waals surface area contributed by atoms with Crippen LogP contribution in [-0.4, -0.2) is 66.0 Å². The summed E-state index contributed by atoms with van der Waals surface area (Å²) in [4.78, 5) is 17.4. The van der Waals surface area contributed by atoms with Gasteiger partial charge in [0.25, 0.3) is 5.91 Å². The number of methoxy groups -OCH3 is 2. The number of aromatic nitrogens is 3. The molecule has 0 atom stereocenters. The molecule has 202 valence electrons. The van der Waals surface area contributed by atoms with E-state index in [1.54, 1.807) is 26.4 Å². The van der Waals surface area contributed by atoms with Crippen LogP contribution >= 0.6 is 11.8 Å². The van der Waals surface area contributed by atoms with Gasteiger partial charge in [0.05, 0.1) is 12.8 Å². The summed E-state index contributed by atoms with van der Waals surface area (Å²) >= 11 is 1.51. The standard InChI is InChI=1S/C29H30FN5O3S/c1-37-19-27-31-32-29(35(27)22-11-13-23(38-2)14-12-22)39-20-21-7-3-4-8-24(21)28(36)34-17-15-33(16-18-34)26-10-6-5-9-25(26)30/h3-14H,15-20H2,1-2H3. The van der Waals surface area contributed by atoms with E-state index in [2.05, 4.69) is 10.2 Å². The maximum Gasteiger partial charge on any atom is 0.254 e. The third kappa shape index (κ3) is 5.91. The van der Waals surface area contributed by atoms with Gasteiger partial charge in [0.1, 0.15) is 18.2 Å². The fourth-order valence-corrected chi connectivity index (χ4v) is 5.61. The maximum atomic E-state index is 14.2. The molecule has 0 radical (unpaired) electrons. The number of amides is 1. The molecule has 0 N–H and O–H groups in total. The van der Waals surface area contributed by atoms with Gasteiger partial charge in [-0.1, -0.05) is 42.1 Å². The topological polar surface area (TPSA) is 72.7 Å². The van der Waals surface area contributed by atoms with E-state index in [-0.39, 0.29) is 11.7 Å². The number of hydrogen-bond acceptors (Lipinski definition) is 7. The fourth-order valence-electron chi connectivity index (χ4n) is 4.63. The van der Waals surface area contributed by atoms with Crippen LogP contribution < -0.4 is 9.64 Å². The second kappa shape index (κ2) is 12.3. The summed E-state index contributed by atoms with van der Waals surface area (Å²) in [6.07, 6.45) is 0. The van der Waals surface area contributed by atoms with Crippen molar-refractivity contribution in [3.8, 4) is 11.4 Å².